The average molecular weight is 502 g/mol. The molecule has 0 N–H and O–H groups in total. The third kappa shape index (κ3) is 4.72. The number of carbonyl (C=O) groups excluding carboxylic acids is 1. The minimum absolute atomic E-state index is 0.0111. The van der Waals surface area contributed by atoms with Gasteiger partial charge in [-0.25, -0.2) is 4.39 Å². The van der Waals surface area contributed by atoms with E-state index in [1.54, 1.807) is 0 Å². The summed E-state index contributed by atoms with van der Waals surface area (Å²) in [6.45, 7) is 4.40. The highest BCUT2D eigenvalue weighted by Gasteiger charge is 2.32. The summed E-state index contributed by atoms with van der Waals surface area (Å²) in [6, 6.07) is 14.8. The number of hydrogen-bond donors (Lipinski definition) is 0. The molecule has 0 saturated heterocycles. The Morgan fingerprint density at radius 3 is 2.65 bits per heavy atom. The Bertz CT molecular complexity index is 1390. The van der Waals surface area contributed by atoms with E-state index in [0.29, 0.717) is 42.3 Å². The molecular formula is C30H28FNO5. The predicted octanol–water partition coefficient (Wildman–Crippen LogP) is 6.12. The average Bonchev–Trinajstić information content (AvgIpc) is 3.48. The largest absolute Gasteiger partial charge is 0.492 e. The fourth-order valence-corrected chi connectivity index (χ4v) is 5.52. The molecule has 5 rings (SSSR count). The molecule has 0 amide bonds. The number of nitrogens with zero attached hydrogens (tertiary/aromatic N) is 1. The second-order valence-electron chi connectivity index (χ2n) is 9.50. The van der Waals surface area contributed by atoms with E-state index in [-0.39, 0.29) is 30.7 Å². The lowest BCUT2D eigenvalue weighted by Crippen LogP contribution is -2.09. The molecule has 0 bridgehead atoms. The van der Waals surface area contributed by atoms with Crippen LogP contribution in [0.3, 0.4) is 0 Å². The molecular weight excluding hydrogens is 473 g/mol. The van der Waals surface area contributed by atoms with E-state index in [1.807, 2.05) is 56.3 Å². The smallest absolute Gasteiger partial charge is 0.306 e. The van der Waals surface area contributed by atoms with Gasteiger partial charge in [-0.1, -0.05) is 12.1 Å². The Kier molecular flexibility index (Phi) is 6.75. The fraction of sp³-hybridized carbons (Fsp3) is 0.333. The highest BCUT2D eigenvalue weighted by molar-refractivity contribution is 5.76. The van der Waals surface area contributed by atoms with E-state index in [4.69, 9.17) is 24.2 Å². The third-order valence-corrected chi connectivity index (χ3v) is 7.15. The van der Waals surface area contributed by atoms with Gasteiger partial charge in [-0.15, -0.1) is 0 Å². The van der Waals surface area contributed by atoms with Crippen LogP contribution in [0.25, 0.3) is 11.1 Å². The number of ether oxygens (including phenoxy) is 4. The highest BCUT2D eigenvalue weighted by Crippen LogP contribution is 2.45. The van der Waals surface area contributed by atoms with Crippen molar-refractivity contribution in [1.29, 1.82) is 5.26 Å². The topological polar surface area (TPSA) is 77.8 Å². The van der Waals surface area contributed by atoms with Crippen molar-refractivity contribution in [3.8, 4) is 34.4 Å². The zero-order chi connectivity index (χ0) is 26.1. The van der Waals surface area contributed by atoms with Gasteiger partial charge in [0.1, 0.15) is 35.2 Å². The van der Waals surface area contributed by atoms with Gasteiger partial charge in [-0.05, 0) is 78.8 Å². The second kappa shape index (κ2) is 10.1. The van der Waals surface area contributed by atoms with E-state index in [9.17, 15) is 4.79 Å². The summed E-state index contributed by atoms with van der Waals surface area (Å²) < 4.78 is 37.6. The minimum atomic E-state index is -0.417. The summed E-state index contributed by atoms with van der Waals surface area (Å²) in [5, 5.41) is 8.81. The number of aryl methyl sites for hydroxylation is 2. The SMILES string of the molecule is COC(=O)C[C@@H]1COc2cc(O[C@@H]3CCc4c(-c5c(C)cc(OCC#N)cc5C)ccc(F)c43)ccc21. The first-order chi connectivity index (χ1) is 17.9. The van der Waals surface area contributed by atoms with Crippen LogP contribution in [0.2, 0.25) is 0 Å². The lowest BCUT2D eigenvalue weighted by molar-refractivity contribution is -0.141. The van der Waals surface area contributed by atoms with E-state index in [1.165, 1.54) is 13.2 Å². The highest BCUT2D eigenvalue weighted by atomic mass is 19.1. The van der Waals surface area contributed by atoms with Crippen LogP contribution in [0.4, 0.5) is 4.39 Å². The van der Waals surface area contributed by atoms with Crippen LogP contribution in [0, 0.1) is 31.0 Å². The molecule has 190 valence electrons. The molecule has 2 atom stereocenters. The molecule has 0 spiro atoms. The number of nitriles is 1. The van der Waals surface area contributed by atoms with Crippen LogP contribution in [0.5, 0.6) is 17.2 Å². The number of fused-ring (bicyclic) bond motifs is 2. The van der Waals surface area contributed by atoms with Crippen molar-refractivity contribution in [3.63, 3.8) is 0 Å². The molecule has 0 unspecified atom stereocenters. The monoisotopic (exact) mass is 501 g/mol. The van der Waals surface area contributed by atoms with Gasteiger partial charge in [0.05, 0.1) is 20.1 Å². The third-order valence-electron chi connectivity index (χ3n) is 7.15. The Morgan fingerprint density at radius 1 is 1.14 bits per heavy atom. The normalized spacial score (nSPS) is 17.4. The molecule has 1 aliphatic heterocycles. The van der Waals surface area contributed by atoms with Crippen LogP contribution < -0.4 is 14.2 Å². The molecule has 1 heterocycles. The number of esters is 1. The van der Waals surface area contributed by atoms with Gasteiger partial charge in [0.2, 0.25) is 0 Å². The zero-order valence-corrected chi connectivity index (χ0v) is 21.1. The summed E-state index contributed by atoms with van der Waals surface area (Å²) in [7, 11) is 1.38. The zero-order valence-electron chi connectivity index (χ0n) is 21.1. The summed E-state index contributed by atoms with van der Waals surface area (Å²) in [4.78, 5) is 11.7. The van der Waals surface area contributed by atoms with Crippen LogP contribution in [-0.4, -0.2) is 26.3 Å². The number of carbonyl (C=O) groups is 1. The Balaban J connectivity index is 1.42. The van der Waals surface area contributed by atoms with Gasteiger partial charge in [0.25, 0.3) is 0 Å². The van der Waals surface area contributed by atoms with Gasteiger partial charge in [-0.3, -0.25) is 4.79 Å². The Labute approximate surface area is 215 Å². The van der Waals surface area contributed by atoms with Gasteiger partial charge < -0.3 is 18.9 Å². The van der Waals surface area contributed by atoms with Gasteiger partial charge in [0, 0.05) is 23.1 Å². The minimum Gasteiger partial charge on any atom is -0.492 e. The molecule has 37 heavy (non-hydrogen) atoms. The number of benzene rings is 3. The summed E-state index contributed by atoms with van der Waals surface area (Å²) in [5.41, 5.74) is 6.54. The predicted molar refractivity (Wildman–Crippen MR) is 135 cm³/mol. The maximum absolute atomic E-state index is 15.2. The lowest BCUT2D eigenvalue weighted by atomic mass is 9.90. The summed E-state index contributed by atoms with van der Waals surface area (Å²) >= 11 is 0. The molecule has 6 nitrogen and oxygen atoms in total. The Hall–Kier alpha value is -4.05. The van der Waals surface area contributed by atoms with Crippen LogP contribution in [0.15, 0.2) is 42.5 Å². The summed E-state index contributed by atoms with van der Waals surface area (Å²) in [5.74, 6) is 1.33. The number of rotatable bonds is 7. The fourth-order valence-electron chi connectivity index (χ4n) is 5.52. The molecule has 3 aromatic carbocycles. The molecule has 0 saturated carbocycles. The van der Waals surface area contributed by atoms with Crippen molar-refractivity contribution in [2.24, 2.45) is 0 Å². The number of hydrogen-bond acceptors (Lipinski definition) is 6. The second-order valence-corrected chi connectivity index (χ2v) is 9.50. The molecule has 3 aromatic rings. The van der Waals surface area contributed by atoms with Crippen molar-refractivity contribution < 1.29 is 28.1 Å². The van der Waals surface area contributed by atoms with Crippen molar-refractivity contribution in [3.05, 3.63) is 76.1 Å². The van der Waals surface area contributed by atoms with Crippen molar-refractivity contribution in [1.82, 2.24) is 0 Å². The van der Waals surface area contributed by atoms with Crippen molar-refractivity contribution in [2.75, 3.05) is 20.3 Å². The Morgan fingerprint density at radius 2 is 1.92 bits per heavy atom. The molecule has 0 aromatic heterocycles. The van der Waals surface area contributed by atoms with Gasteiger partial charge in [0.15, 0.2) is 6.61 Å². The quantitative estimate of drug-likeness (QED) is 0.363. The van der Waals surface area contributed by atoms with E-state index >= 15 is 4.39 Å². The standard InChI is InChI=1S/C30H28FNO5/c1-17-12-21(35-11-10-32)13-18(2)29(17)23-6-8-25(31)30-24(23)7-9-26(30)37-20-4-5-22-19(14-28(33)34-3)16-36-27(22)15-20/h4-6,8,12-13,15,19,26H,7,9,11,14,16H2,1-3H3/t19-,26-/m1/s1. The van der Waals surface area contributed by atoms with E-state index < -0.39 is 6.10 Å². The van der Waals surface area contributed by atoms with Crippen LogP contribution in [-0.2, 0) is 16.0 Å². The first kappa shape index (κ1) is 24.6. The van der Waals surface area contributed by atoms with Gasteiger partial charge >= 0.3 is 5.97 Å². The first-order valence-corrected chi connectivity index (χ1v) is 12.3. The number of methoxy groups -OCH3 is 1. The maximum atomic E-state index is 15.2. The molecule has 0 fully saturated rings. The summed E-state index contributed by atoms with van der Waals surface area (Å²) in [6.07, 6.45) is 1.20. The molecule has 7 heteroatoms. The van der Waals surface area contributed by atoms with Crippen molar-refractivity contribution in [2.45, 2.75) is 45.1 Å². The molecule has 2 aliphatic rings. The van der Waals surface area contributed by atoms with E-state index in [0.717, 1.165) is 33.4 Å². The van der Waals surface area contributed by atoms with E-state index in [2.05, 4.69) is 0 Å². The van der Waals surface area contributed by atoms with Crippen LogP contribution in [0.1, 0.15) is 52.7 Å². The van der Waals surface area contributed by atoms with Crippen LogP contribution >= 0.6 is 0 Å². The lowest BCUT2D eigenvalue weighted by Gasteiger charge is -2.19. The molecule has 0 radical (unpaired) electrons. The number of halogens is 1. The maximum Gasteiger partial charge on any atom is 0.306 e. The van der Waals surface area contributed by atoms with Crippen molar-refractivity contribution >= 4 is 5.97 Å². The molecule has 1 aliphatic carbocycles. The van der Waals surface area contributed by atoms with Gasteiger partial charge in [-0.2, -0.15) is 5.26 Å². The first-order valence-electron chi connectivity index (χ1n) is 12.3.